The number of hydrogen-bond acceptors (Lipinski definition) is 7. The van der Waals surface area contributed by atoms with Crippen LogP contribution in [0, 0.1) is 0 Å². The van der Waals surface area contributed by atoms with E-state index in [1.807, 2.05) is 34.0 Å². The molecular weight excluding hydrogens is 765 g/mol. The molecule has 0 N–H and O–H groups in total. The lowest BCUT2D eigenvalue weighted by molar-refractivity contribution is 1.07. The van der Waals surface area contributed by atoms with E-state index in [2.05, 4.69) is 187 Å². The summed E-state index contributed by atoms with van der Waals surface area (Å²) in [5, 5.41) is 7.51. The van der Waals surface area contributed by atoms with E-state index in [-0.39, 0.29) is 0 Å². The summed E-state index contributed by atoms with van der Waals surface area (Å²) in [6.45, 7) is 0. The molecule has 4 aromatic heterocycles. The van der Waals surface area contributed by atoms with E-state index in [0.717, 1.165) is 33.8 Å². The molecule has 0 spiro atoms. The Balaban J connectivity index is 0.996. The van der Waals surface area contributed by atoms with E-state index in [4.69, 9.17) is 15.0 Å². The highest BCUT2D eigenvalue weighted by Crippen LogP contribution is 2.42. The number of benzene rings is 8. The topological polar surface area (TPSA) is 41.9 Å². The Morgan fingerprint density at radius 1 is 0.276 bits per heavy atom. The minimum Gasteiger partial charge on any atom is -0.310 e. The molecule has 8 aromatic carbocycles. The summed E-state index contributed by atoms with van der Waals surface area (Å²) < 4.78 is 7.61. The molecule has 0 aliphatic heterocycles. The average molecular weight is 795 g/mol. The molecule has 0 aliphatic carbocycles. The summed E-state index contributed by atoms with van der Waals surface area (Å²) in [4.78, 5) is 17.9. The molecule has 0 bridgehead atoms. The molecule has 0 aliphatic rings. The Kier molecular flexibility index (Phi) is 7.72. The molecule has 12 rings (SSSR count). The lowest BCUT2D eigenvalue weighted by Gasteiger charge is -2.25. The van der Waals surface area contributed by atoms with E-state index in [1.54, 1.807) is 0 Å². The molecule has 0 saturated heterocycles. The second kappa shape index (κ2) is 13.4. The van der Waals surface area contributed by atoms with E-state index in [9.17, 15) is 0 Å². The number of anilines is 3. The smallest absolute Gasteiger partial charge is 0.164 e. The Morgan fingerprint density at radius 2 is 0.672 bits per heavy atom. The predicted molar refractivity (Wildman–Crippen MR) is 249 cm³/mol. The van der Waals surface area contributed by atoms with Gasteiger partial charge in [-0.25, -0.2) is 15.0 Å². The zero-order valence-electron chi connectivity index (χ0n) is 30.8. The molecule has 12 aromatic rings. The average Bonchev–Trinajstić information content (AvgIpc) is 3.97. The van der Waals surface area contributed by atoms with Crippen LogP contribution in [0.15, 0.2) is 182 Å². The summed E-state index contributed by atoms with van der Waals surface area (Å²) >= 11 is 5.47. The number of rotatable bonds is 6. The summed E-state index contributed by atoms with van der Waals surface area (Å²) in [5.41, 5.74) is 6.10. The molecule has 0 amide bonds. The van der Waals surface area contributed by atoms with Crippen LogP contribution in [0.2, 0.25) is 0 Å². The standard InChI is InChI=1S/C51H30N4S3/c1-2-10-34(11-3-1)55(36-24-25-40-37-12-4-7-15-43(37)58-48(40)30-36)35-22-18-31(19-23-35)49-52-50(32-20-26-46-41(28-32)38-13-5-8-16-44(38)56-46)54-51(53-49)33-21-27-47-42(29-33)39-14-6-9-17-45(39)57-47/h1-30H. The van der Waals surface area contributed by atoms with Crippen molar-refractivity contribution < 1.29 is 0 Å². The lowest BCUT2D eigenvalue weighted by Crippen LogP contribution is -2.09. The van der Waals surface area contributed by atoms with Crippen LogP contribution in [0.4, 0.5) is 17.1 Å². The molecule has 0 radical (unpaired) electrons. The van der Waals surface area contributed by atoms with E-state index in [0.29, 0.717) is 17.5 Å². The third-order valence-electron chi connectivity index (χ3n) is 10.9. The van der Waals surface area contributed by atoms with Crippen molar-refractivity contribution in [2.45, 2.75) is 0 Å². The monoisotopic (exact) mass is 794 g/mol. The first-order chi connectivity index (χ1) is 28.7. The van der Waals surface area contributed by atoms with Gasteiger partial charge in [-0.1, -0.05) is 78.9 Å². The van der Waals surface area contributed by atoms with Gasteiger partial charge < -0.3 is 4.90 Å². The first-order valence-corrected chi connectivity index (χ1v) is 21.6. The van der Waals surface area contributed by atoms with Gasteiger partial charge in [-0.15, -0.1) is 34.0 Å². The van der Waals surface area contributed by atoms with Crippen LogP contribution in [0.25, 0.3) is 94.7 Å². The highest BCUT2D eigenvalue weighted by molar-refractivity contribution is 7.26. The summed E-state index contributed by atoms with van der Waals surface area (Å²) in [6.07, 6.45) is 0. The molecular formula is C51H30N4S3. The zero-order chi connectivity index (χ0) is 38.2. The second-order valence-electron chi connectivity index (χ2n) is 14.4. The number of hydrogen-bond donors (Lipinski definition) is 0. The number of fused-ring (bicyclic) bond motifs is 9. The van der Waals surface area contributed by atoms with Gasteiger partial charge in [0.1, 0.15) is 0 Å². The maximum atomic E-state index is 5.19. The summed E-state index contributed by atoms with van der Waals surface area (Å²) in [7, 11) is 0. The van der Waals surface area contributed by atoms with Crippen LogP contribution >= 0.6 is 34.0 Å². The van der Waals surface area contributed by atoms with Gasteiger partial charge in [-0.05, 0) is 103 Å². The van der Waals surface area contributed by atoms with Crippen molar-refractivity contribution in [3.05, 3.63) is 182 Å². The minimum atomic E-state index is 0.634. The fraction of sp³-hybridized carbons (Fsp3) is 0. The van der Waals surface area contributed by atoms with Gasteiger partial charge in [0.15, 0.2) is 17.5 Å². The molecule has 7 heteroatoms. The highest BCUT2D eigenvalue weighted by Gasteiger charge is 2.18. The van der Waals surface area contributed by atoms with Crippen LogP contribution in [0.3, 0.4) is 0 Å². The highest BCUT2D eigenvalue weighted by atomic mass is 32.1. The van der Waals surface area contributed by atoms with E-state index < -0.39 is 0 Å². The van der Waals surface area contributed by atoms with Crippen LogP contribution in [0.5, 0.6) is 0 Å². The summed E-state index contributed by atoms with van der Waals surface area (Å²) in [6, 6.07) is 65.0. The maximum absolute atomic E-state index is 5.19. The fourth-order valence-corrected chi connectivity index (χ4v) is 11.4. The van der Waals surface area contributed by atoms with Gasteiger partial charge in [0, 0.05) is 94.3 Å². The SMILES string of the molecule is c1ccc(N(c2ccc(-c3nc(-c4ccc5sc6ccccc6c5c4)nc(-c4ccc5sc6ccccc6c5c4)n3)cc2)c2ccc3c(c2)sc2ccccc23)cc1. The molecule has 4 nitrogen and oxygen atoms in total. The Hall–Kier alpha value is -6.77. The van der Waals surface area contributed by atoms with Crippen molar-refractivity contribution in [1.82, 2.24) is 15.0 Å². The molecule has 4 heterocycles. The molecule has 272 valence electrons. The van der Waals surface area contributed by atoms with E-state index in [1.165, 1.54) is 60.5 Å². The zero-order valence-corrected chi connectivity index (χ0v) is 33.3. The van der Waals surface area contributed by atoms with Crippen LogP contribution in [-0.4, -0.2) is 15.0 Å². The van der Waals surface area contributed by atoms with Gasteiger partial charge in [0.2, 0.25) is 0 Å². The minimum absolute atomic E-state index is 0.634. The number of thiophene rings is 3. The van der Waals surface area contributed by atoms with Crippen molar-refractivity contribution in [3.8, 4) is 34.2 Å². The molecule has 0 atom stereocenters. The van der Waals surface area contributed by atoms with Gasteiger partial charge in [0.25, 0.3) is 0 Å². The largest absolute Gasteiger partial charge is 0.310 e. The predicted octanol–water partition coefficient (Wildman–Crippen LogP) is 15.4. The van der Waals surface area contributed by atoms with Crippen molar-refractivity contribution in [1.29, 1.82) is 0 Å². The van der Waals surface area contributed by atoms with Crippen molar-refractivity contribution in [2.24, 2.45) is 0 Å². The lowest BCUT2D eigenvalue weighted by atomic mass is 10.1. The number of para-hydroxylation sites is 1. The van der Waals surface area contributed by atoms with Crippen molar-refractivity contribution >= 4 is 112 Å². The number of nitrogens with zero attached hydrogens (tertiary/aromatic N) is 4. The third-order valence-corrected chi connectivity index (χ3v) is 14.4. The number of aromatic nitrogens is 3. The fourth-order valence-electron chi connectivity index (χ4n) is 8.13. The first kappa shape index (κ1) is 33.4. The normalized spacial score (nSPS) is 11.8. The van der Waals surface area contributed by atoms with Gasteiger partial charge in [-0.2, -0.15) is 0 Å². The molecule has 0 unspecified atom stereocenters. The van der Waals surface area contributed by atoms with Crippen LogP contribution in [-0.2, 0) is 0 Å². The van der Waals surface area contributed by atoms with Crippen LogP contribution in [0.1, 0.15) is 0 Å². The quantitative estimate of drug-likeness (QED) is 0.168. The third kappa shape index (κ3) is 5.58. The van der Waals surface area contributed by atoms with Crippen molar-refractivity contribution in [2.75, 3.05) is 4.90 Å². The Labute approximate surface area is 345 Å². The molecule has 0 fully saturated rings. The second-order valence-corrected chi connectivity index (χ2v) is 17.7. The first-order valence-electron chi connectivity index (χ1n) is 19.2. The van der Waals surface area contributed by atoms with Gasteiger partial charge >= 0.3 is 0 Å². The van der Waals surface area contributed by atoms with Crippen LogP contribution < -0.4 is 4.90 Å². The van der Waals surface area contributed by atoms with Gasteiger partial charge in [0.05, 0.1) is 0 Å². The maximum Gasteiger partial charge on any atom is 0.164 e. The molecule has 0 saturated carbocycles. The Bertz CT molecular complexity index is 3400. The summed E-state index contributed by atoms with van der Waals surface area (Å²) in [5.74, 6) is 1.94. The molecule has 58 heavy (non-hydrogen) atoms. The van der Waals surface area contributed by atoms with Crippen molar-refractivity contribution in [3.63, 3.8) is 0 Å². The Morgan fingerprint density at radius 3 is 1.24 bits per heavy atom. The van der Waals surface area contributed by atoms with E-state index >= 15 is 0 Å². The van der Waals surface area contributed by atoms with Gasteiger partial charge in [-0.3, -0.25) is 0 Å².